The summed E-state index contributed by atoms with van der Waals surface area (Å²) in [4.78, 5) is 27.5. The molecule has 1 aliphatic rings. The molecule has 0 radical (unpaired) electrons. The molecule has 26 heavy (non-hydrogen) atoms. The van der Waals surface area contributed by atoms with Crippen LogP contribution in [-0.4, -0.2) is 55.9 Å². The van der Waals surface area contributed by atoms with Crippen LogP contribution >= 0.6 is 0 Å². The SMILES string of the molecule is CC.COC(=O)Cc1cccc(N2CCN(C(=O)OC(C)(C)C)CC2)c1. The molecule has 0 aliphatic carbocycles. The Morgan fingerprint density at radius 3 is 2.23 bits per heavy atom. The molecule has 1 aromatic rings. The number of carbonyl (C=O) groups is 2. The summed E-state index contributed by atoms with van der Waals surface area (Å²) in [6.07, 6.45) is 0.00367. The van der Waals surface area contributed by atoms with Gasteiger partial charge in [-0.2, -0.15) is 0 Å². The Hall–Kier alpha value is -2.24. The molecule has 146 valence electrons. The minimum atomic E-state index is -0.476. The Labute approximate surface area is 157 Å². The van der Waals surface area contributed by atoms with Crippen molar-refractivity contribution in [1.82, 2.24) is 4.90 Å². The van der Waals surface area contributed by atoms with E-state index in [-0.39, 0.29) is 18.5 Å². The minimum absolute atomic E-state index is 0.248. The first-order chi connectivity index (χ1) is 12.3. The topological polar surface area (TPSA) is 59.1 Å². The lowest BCUT2D eigenvalue weighted by molar-refractivity contribution is -0.139. The van der Waals surface area contributed by atoms with Crippen molar-refractivity contribution in [2.45, 2.75) is 46.6 Å². The number of carbonyl (C=O) groups excluding carboxylic acids is 2. The molecule has 6 nitrogen and oxygen atoms in total. The molecule has 0 atom stereocenters. The average Bonchev–Trinajstić information content (AvgIpc) is 2.62. The zero-order chi connectivity index (χ0) is 19.7. The molecule has 1 amide bonds. The smallest absolute Gasteiger partial charge is 0.410 e. The van der Waals surface area contributed by atoms with Gasteiger partial charge in [0.1, 0.15) is 5.60 Å². The Bertz CT molecular complexity index is 588. The Morgan fingerprint density at radius 2 is 1.69 bits per heavy atom. The van der Waals surface area contributed by atoms with Gasteiger partial charge in [-0.3, -0.25) is 4.79 Å². The van der Waals surface area contributed by atoms with Crippen LogP contribution in [0.25, 0.3) is 0 Å². The molecule has 0 saturated carbocycles. The number of benzene rings is 1. The lowest BCUT2D eigenvalue weighted by Crippen LogP contribution is -2.50. The third-order valence-corrected chi connectivity index (χ3v) is 3.78. The van der Waals surface area contributed by atoms with Crippen molar-refractivity contribution >= 4 is 17.7 Å². The van der Waals surface area contributed by atoms with E-state index in [1.807, 2.05) is 58.9 Å². The zero-order valence-electron chi connectivity index (χ0n) is 16.9. The number of amides is 1. The van der Waals surface area contributed by atoms with E-state index in [2.05, 4.69) is 4.90 Å². The summed E-state index contributed by atoms with van der Waals surface area (Å²) in [5.74, 6) is -0.248. The summed E-state index contributed by atoms with van der Waals surface area (Å²) < 4.78 is 10.1. The van der Waals surface area contributed by atoms with Crippen molar-refractivity contribution in [3.8, 4) is 0 Å². The predicted octanol–water partition coefficient (Wildman–Crippen LogP) is 3.49. The van der Waals surface area contributed by atoms with Crippen LogP contribution in [0.3, 0.4) is 0 Å². The number of ether oxygens (including phenoxy) is 2. The van der Waals surface area contributed by atoms with Crippen LogP contribution in [0.1, 0.15) is 40.2 Å². The van der Waals surface area contributed by atoms with Gasteiger partial charge >= 0.3 is 12.1 Å². The number of esters is 1. The first-order valence-electron chi connectivity index (χ1n) is 9.17. The number of rotatable bonds is 3. The molecule has 1 aromatic carbocycles. The van der Waals surface area contributed by atoms with E-state index in [4.69, 9.17) is 9.47 Å². The van der Waals surface area contributed by atoms with Gasteiger partial charge in [-0.25, -0.2) is 4.79 Å². The van der Waals surface area contributed by atoms with Crippen LogP contribution in [0, 0.1) is 0 Å². The predicted molar refractivity (Wildman–Crippen MR) is 104 cm³/mol. The summed E-state index contributed by atoms with van der Waals surface area (Å²) in [5.41, 5.74) is 1.50. The fourth-order valence-electron chi connectivity index (χ4n) is 2.58. The third-order valence-electron chi connectivity index (χ3n) is 3.78. The summed E-state index contributed by atoms with van der Waals surface area (Å²) in [6, 6.07) is 7.87. The minimum Gasteiger partial charge on any atom is -0.469 e. The average molecular weight is 364 g/mol. The van der Waals surface area contributed by atoms with Crippen LogP contribution in [0.5, 0.6) is 0 Å². The van der Waals surface area contributed by atoms with E-state index in [9.17, 15) is 9.59 Å². The van der Waals surface area contributed by atoms with Gasteiger partial charge in [0.15, 0.2) is 0 Å². The van der Waals surface area contributed by atoms with E-state index in [1.54, 1.807) is 4.90 Å². The highest BCUT2D eigenvalue weighted by Gasteiger charge is 2.26. The summed E-state index contributed by atoms with van der Waals surface area (Å²) >= 11 is 0. The Morgan fingerprint density at radius 1 is 1.08 bits per heavy atom. The van der Waals surface area contributed by atoms with Crippen molar-refractivity contribution in [3.05, 3.63) is 29.8 Å². The normalized spacial score (nSPS) is 14.2. The number of methoxy groups -OCH3 is 1. The van der Waals surface area contributed by atoms with E-state index in [0.717, 1.165) is 24.3 Å². The molecule has 1 aliphatic heterocycles. The highest BCUT2D eigenvalue weighted by Crippen LogP contribution is 2.20. The number of piperazine rings is 1. The monoisotopic (exact) mass is 364 g/mol. The van der Waals surface area contributed by atoms with Gasteiger partial charge in [-0.15, -0.1) is 0 Å². The van der Waals surface area contributed by atoms with Crippen molar-refractivity contribution in [2.24, 2.45) is 0 Å². The van der Waals surface area contributed by atoms with Crippen molar-refractivity contribution in [1.29, 1.82) is 0 Å². The van der Waals surface area contributed by atoms with Gasteiger partial charge in [0.2, 0.25) is 0 Å². The quantitative estimate of drug-likeness (QED) is 0.769. The van der Waals surface area contributed by atoms with E-state index < -0.39 is 5.60 Å². The second kappa shape index (κ2) is 10.0. The second-order valence-electron chi connectivity index (χ2n) is 6.88. The lowest BCUT2D eigenvalue weighted by Gasteiger charge is -2.36. The lowest BCUT2D eigenvalue weighted by atomic mass is 10.1. The molecule has 0 aromatic heterocycles. The first-order valence-corrected chi connectivity index (χ1v) is 9.17. The molecule has 0 unspecified atom stereocenters. The Kier molecular flexibility index (Phi) is 8.42. The molecule has 1 fully saturated rings. The molecule has 0 N–H and O–H groups in total. The van der Waals surface area contributed by atoms with Crippen molar-refractivity contribution < 1.29 is 19.1 Å². The van der Waals surface area contributed by atoms with Crippen molar-refractivity contribution in [2.75, 3.05) is 38.2 Å². The summed E-state index contributed by atoms with van der Waals surface area (Å²) in [6.45, 7) is 12.3. The number of nitrogens with zero attached hydrogens (tertiary/aromatic N) is 2. The molecular formula is C20H32N2O4. The third kappa shape index (κ3) is 6.94. The Balaban J connectivity index is 0.00000163. The largest absolute Gasteiger partial charge is 0.469 e. The standard InChI is InChI=1S/C18H26N2O4.C2H6/c1-18(2,3)24-17(22)20-10-8-19(9-11-20)15-7-5-6-14(12-15)13-16(21)23-4;1-2/h5-7,12H,8-11,13H2,1-4H3;1-2H3. The molecule has 0 spiro atoms. The second-order valence-corrected chi connectivity index (χ2v) is 6.88. The fraction of sp³-hybridized carbons (Fsp3) is 0.600. The van der Waals surface area contributed by atoms with Gasteiger partial charge in [0.05, 0.1) is 13.5 Å². The highest BCUT2D eigenvalue weighted by molar-refractivity contribution is 5.73. The maximum Gasteiger partial charge on any atom is 0.410 e. The molecule has 0 bridgehead atoms. The molecule has 2 rings (SSSR count). The van der Waals surface area contributed by atoms with Crippen molar-refractivity contribution in [3.63, 3.8) is 0 Å². The zero-order valence-corrected chi connectivity index (χ0v) is 16.9. The maximum absolute atomic E-state index is 12.1. The van der Waals surface area contributed by atoms with E-state index >= 15 is 0 Å². The van der Waals surface area contributed by atoms with Gasteiger partial charge in [-0.05, 0) is 38.5 Å². The number of hydrogen-bond donors (Lipinski definition) is 0. The molecule has 6 heteroatoms. The summed E-state index contributed by atoms with van der Waals surface area (Å²) in [5, 5.41) is 0. The number of anilines is 1. The number of hydrogen-bond acceptors (Lipinski definition) is 5. The molecule has 1 heterocycles. The molecular weight excluding hydrogens is 332 g/mol. The van der Waals surface area contributed by atoms with Crippen LogP contribution in [-0.2, 0) is 20.7 Å². The van der Waals surface area contributed by atoms with Gasteiger partial charge in [0, 0.05) is 31.9 Å². The maximum atomic E-state index is 12.1. The highest BCUT2D eigenvalue weighted by atomic mass is 16.6. The first kappa shape index (κ1) is 21.8. The van der Waals surface area contributed by atoms with Gasteiger partial charge < -0.3 is 19.3 Å². The molecule has 1 saturated heterocycles. The van der Waals surface area contributed by atoms with Crippen LogP contribution in [0.4, 0.5) is 10.5 Å². The summed E-state index contributed by atoms with van der Waals surface area (Å²) in [7, 11) is 1.39. The van der Waals surface area contributed by atoms with E-state index in [1.165, 1.54) is 7.11 Å². The van der Waals surface area contributed by atoms with Crippen LogP contribution in [0.15, 0.2) is 24.3 Å². The fourth-order valence-corrected chi connectivity index (χ4v) is 2.58. The van der Waals surface area contributed by atoms with Gasteiger partial charge in [-0.1, -0.05) is 26.0 Å². The van der Waals surface area contributed by atoms with Gasteiger partial charge in [0.25, 0.3) is 0 Å². The van der Waals surface area contributed by atoms with Crippen LogP contribution < -0.4 is 4.90 Å². The van der Waals surface area contributed by atoms with E-state index in [0.29, 0.717) is 13.1 Å². The van der Waals surface area contributed by atoms with Crippen LogP contribution in [0.2, 0.25) is 0 Å².